The lowest BCUT2D eigenvalue weighted by molar-refractivity contribution is -0.523. The van der Waals surface area contributed by atoms with Crippen molar-refractivity contribution in [3.63, 3.8) is 0 Å². The van der Waals surface area contributed by atoms with E-state index in [-0.39, 0.29) is 10.6 Å². The van der Waals surface area contributed by atoms with Gasteiger partial charge in [0.15, 0.2) is 10.6 Å². The Morgan fingerprint density at radius 2 is 2.12 bits per heavy atom. The molecule has 5 nitrogen and oxygen atoms in total. The van der Waals surface area contributed by atoms with E-state index in [1.54, 1.807) is 25.1 Å². The summed E-state index contributed by atoms with van der Waals surface area (Å²) in [5.41, 5.74) is 0.353. The standard InChI is InChI=1S/C10H7NO4S/c1-5-3-2-4-6-11(5)7(9(12)13)8(16-6)10(14)15/h2-4H,1H3,(H-,12,13,14,15). The molecule has 0 aliphatic carbocycles. The first kappa shape index (κ1) is 10.6. The van der Waals surface area contributed by atoms with E-state index in [0.717, 1.165) is 11.3 Å². The molecule has 0 bridgehead atoms. The topological polar surface area (TPSA) is 81.5 Å². The molecule has 0 unspecified atom stereocenters. The highest BCUT2D eigenvalue weighted by Gasteiger charge is 2.27. The molecule has 0 fully saturated rings. The Kier molecular flexibility index (Phi) is 2.35. The van der Waals surface area contributed by atoms with Gasteiger partial charge in [0.2, 0.25) is 0 Å². The number of hydrogen-bond acceptors (Lipinski definition) is 4. The van der Waals surface area contributed by atoms with E-state index in [1.165, 1.54) is 4.40 Å². The third kappa shape index (κ3) is 1.43. The predicted octanol–water partition coefficient (Wildman–Crippen LogP) is -0.143. The van der Waals surface area contributed by atoms with E-state index >= 15 is 0 Å². The van der Waals surface area contributed by atoms with Crippen LogP contribution in [-0.2, 0) is 0 Å². The number of nitrogens with zero attached hydrogens (tertiary/aromatic N) is 1. The Morgan fingerprint density at radius 1 is 1.44 bits per heavy atom. The van der Waals surface area contributed by atoms with Crippen molar-refractivity contribution >= 4 is 28.1 Å². The average Bonchev–Trinajstić information content (AvgIpc) is 2.58. The van der Waals surface area contributed by atoms with Gasteiger partial charge in [-0.25, -0.2) is 4.79 Å². The maximum absolute atomic E-state index is 11.0. The second kappa shape index (κ2) is 3.57. The molecule has 0 aliphatic rings. The van der Waals surface area contributed by atoms with Crippen molar-refractivity contribution in [2.75, 3.05) is 0 Å². The fourth-order valence-corrected chi connectivity index (χ4v) is 2.58. The summed E-state index contributed by atoms with van der Waals surface area (Å²) in [6.07, 6.45) is 0. The Labute approximate surface area is 94.2 Å². The number of aromatic carboxylic acids is 2. The van der Waals surface area contributed by atoms with Gasteiger partial charge in [0.05, 0.1) is 0 Å². The van der Waals surface area contributed by atoms with Gasteiger partial charge in [-0.05, 0) is 6.07 Å². The Balaban J connectivity index is 2.94. The lowest BCUT2D eigenvalue weighted by Gasteiger charge is -1.96. The summed E-state index contributed by atoms with van der Waals surface area (Å²) in [6.45, 7) is 1.71. The highest BCUT2D eigenvalue weighted by Crippen LogP contribution is 2.18. The zero-order valence-electron chi connectivity index (χ0n) is 8.26. The third-order valence-electron chi connectivity index (χ3n) is 2.18. The zero-order valence-corrected chi connectivity index (χ0v) is 9.08. The quantitative estimate of drug-likeness (QED) is 0.737. The van der Waals surface area contributed by atoms with Crippen LogP contribution in [0, 0.1) is 6.92 Å². The fourth-order valence-electron chi connectivity index (χ4n) is 1.54. The lowest BCUT2D eigenvalue weighted by atomic mass is 10.3. The SMILES string of the molecule is Cc1cccc2sc(C(=O)O)c(C(=O)[O-])[n+]12. The van der Waals surface area contributed by atoms with Gasteiger partial charge in [-0.15, -0.1) is 4.40 Å². The summed E-state index contributed by atoms with van der Waals surface area (Å²) < 4.78 is 1.38. The van der Waals surface area contributed by atoms with E-state index < -0.39 is 11.9 Å². The van der Waals surface area contributed by atoms with Crippen molar-refractivity contribution in [3.05, 3.63) is 34.5 Å². The van der Waals surface area contributed by atoms with Crippen LogP contribution < -0.4 is 9.51 Å². The van der Waals surface area contributed by atoms with Crippen molar-refractivity contribution in [2.45, 2.75) is 6.92 Å². The molecule has 0 radical (unpaired) electrons. The van der Waals surface area contributed by atoms with Gasteiger partial charge in [-0.3, -0.25) is 0 Å². The Bertz CT molecular complexity index is 602. The summed E-state index contributed by atoms with van der Waals surface area (Å²) in [7, 11) is 0. The van der Waals surface area contributed by atoms with Crippen LogP contribution in [0.4, 0.5) is 0 Å². The summed E-state index contributed by atoms with van der Waals surface area (Å²) >= 11 is 0.917. The number of pyridine rings is 1. The van der Waals surface area contributed by atoms with Crippen molar-refractivity contribution < 1.29 is 24.2 Å². The zero-order chi connectivity index (χ0) is 11.9. The highest BCUT2D eigenvalue weighted by molar-refractivity contribution is 7.18. The molecule has 2 aromatic rings. The first-order valence-electron chi connectivity index (χ1n) is 4.41. The van der Waals surface area contributed by atoms with Crippen molar-refractivity contribution in [3.8, 4) is 0 Å². The molecule has 0 atom stereocenters. The molecule has 0 aliphatic heterocycles. The molecule has 0 saturated carbocycles. The number of fused-ring (bicyclic) bond motifs is 1. The number of carbonyl (C=O) groups is 2. The van der Waals surface area contributed by atoms with Crippen molar-refractivity contribution in [1.82, 2.24) is 0 Å². The lowest BCUT2D eigenvalue weighted by Crippen LogP contribution is -2.38. The van der Waals surface area contributed by atoms with E-state index in [0.29, 0.717) is 10.5 Å². The van der Waals surface area contributed by atoms with Gasteiger partial charge in [-0.1, -0.05) is 11.3 Å². The number of aromatic nitrogens is 1. The summed E-state index contributed by atoms with van der Waals surface area (Å²) in [5, 5.41) is 19.9. The first-order valence-corrected chi connectivity index (χ1v) is 5.23. The number of thiazole rings is 1. The smallest absolute Gasteiger partial charge is 0.353 e. The number of hydrogen-bond donors (Lipinski definition) is 1. The summed E-state index contributed by atoms with van der Waals surface area (Å²) in [4.78, 5) is 22.2. The monoisotopic (exact) mass is 237 g/mol. The van der Waals surface area contributed by atoms with Crippen LogP contribution >= 0.6 is 11.3 Å². The molecule has 0 aromatic carbocycles. The predicted molar refractivity (Wildman–Crippen MR) is 53.5 cm³/mol. The normalized spacial score (nSPS) is 10.6. The van der Waals surface area contributed by atoms with Crippen LogP contribution in [0.2, 0.25) is 0 Å². The molecule has 6 heteroatoms. The molecular weight excluding hydrogens is 230 g/mol. The van der Waals surface area contributed by atoms with E-state index in [4.69, 9.17) is 5.11 Å². The van der Waals surface area contributed by atoms with Gasteiger partial charge in [0, 0.05) is 19.1 Å². The van der Waals surface area contributed by atoms with Crippen LogP contribution in [0.15, 0.2) is 18.2 Å². The second-order valence-electron chi connectivity index (χ2n) is 3.21. The molecular formula is C10H7NO4S. The highest BCUT2D eigenvalue weighted by atomic mass is 32.1. The molecule has 16 heavy (non-hydrogen) atoms. The molecule has 2 heterocycles. The maximum atomic E-state index is 11.0. The molecule has 1 N–H and O–H groups in total. The summed E-state index contributed by atoms with van der Waals surface area (Å²) in [6, 6.07) is 5.11. The van der Waals surface area contributed by atoms with Gasteiger partial charge < -0.3 is 15.0 Å². The Morgan fingerprint density at radius 3 is 2.69 bits per heavy atom. The molecule has 2 rings (SSSR count). The number of carbonyl (C=O) groups excluding carboxylic acids is 1. The third-order valence-corrected chi connectivity index (χ3v) is 3.28. The molecule has 0 saturated heterocycles. The van der Waals surface area contributed by atoms with E-state index in [1.807, 2.05) is 0 Å². The largest absolute Gasteiger partial charge is 0.539 e. The van der Waals surface area contributed by atoms with Gasteiger partial charge in [-0.2, -0.15) is 0 Å². The minimum absolute atomic E-state index is 0.214. The maximum Gasteiger partial charge on any atom is 0.353 e. The van der Waals surface area contributed by atoms with Gasteiger partial charge >= 0.3 is 5.97 Å². The summed E-state index contributed by atoms with van der Waals surface area (Å²) in [5.74, 6) is -2.74. The van der Waals surface area contributed by atoms with E-state index in [2.05, 4.69) is 0 Å². The number of carboxylic acids is 2. The van der Waals surface area contributed by atoms with Crippen LogP contribution in [0.5, 0.6) is 0 Å². The minimum Gasteiger partial charge on any atom is -0.539 e. The molecule has 0 spiro atoms. The van der Waals surface area contributed by atoms with Crippen LogP contribution in [0.3, 0.4) is 0 Å². The van der Waals surface area contributed by atoms with Gasteiger partial charge in [0.1, 0.15) is 5.97 Å². The fraction of sp³-hybridized carbons (Fsp3) is 0.100. The molecule has 0 amide bonds. The molecule has 82 valence electrons. The first-order chi connectivity index (χ1) is 7.52. The Hall–Kier alpha value is -1.95. The average molecular weight is 237 g/mol. The van der Waals surface area contributed by atoms with Crippen molar-refractivity contribution in [1.29, 1.82) is 0 Å². The van der Waals surface area contributed by atoms with Crippen molar-refractivity contribution in [2.24, 2.45) is 0 Å². The number of aryl methyl sites for hydroxylation is 1. The van der Waals surface area contributed by atoms with Crippen LogP contribution in [0.25, 0.3) is 4.83 Å². The number of rotatable bonds is 2. The van der Waals surface area contributed by atoms with Crippen LogP contribution in [-0.4, -0.2) is 17.0 Å². The van der Waals surface area contributed by atoms with Gasteiger partial charge in [0.25, 0.3) is 10.5 Å². The minimum atomic E-state index is -1.48. The molecule has 2 aromatic heterocycles. The van der Waals surface area contributed by atoms with E-state index in [9.17, 15) is 14.7 Å². The number of carboxylic acid groups (broad SMARTS) is 2. The van der Waals surface area contributed by atoms with Crippen LogP contribution in [0.1, 0.15) is 25.9 Å². The second-order valence-corrected chi connectivity index (χ2v) is 4.24.